The van der Waals surface area contributed by atoms with Crippen LogP contribution in [0, 0.1) is 20.8 Å². The van der Waals surface area contributed by atoms with Gasteiger partial charge in [0.2, 0.25) is 0 Å². The first-order chi connectivity index (χ1) is 9.88. The predicted molar refractivity (Wildman–Crippen MR) is 82.4 cm³/mol. The van der Waals surface area contributed by atoms with Crippen molar-refractivity contribution in [2.75, 3.05) is 10.6 Å². The predicted octanol–water partition coefficient (Wildman–Crippen LogP) is 3.41. The number of carbonyl (C=O) groups is 2. The molecule has 110 valence electrons. The number of thiophene rings is 1. The summed E-state index contributed by atoms with van der Waals surface area (Å²) in [6.45, 7) is 5.39. The van der Waals surface area contributed by atoms with Crippen molar-refractivity contribution >= 4 is 34.0 Å². The van der Waals surface area contributed by atoms with Gasteiger partial charge in [-0.2, -0.15) is 0 Å². The van der Waals surface area contributed by atoms with Crippen LogP contribution in [0.15, 0.2) is 18.3 Å². The summed E-state index contributed by atoms with van der Waals surface area (Å²) in [5.74, 6) is -1.05. The molecule has 6 nitrogen and oxygen atoms in total. The number of anilines is 2. The van der Waals surface area contributed by atoms with Gasteiger partial charge in [0, 0.05) is 10.6 Å². The van der Waals surface area contributed by atoms with Gasteiger partial charge in [-0.1, -0.05) is 0 Å². The Labute approximate surface area is 125 Å². The minimum absolute atomic E-state index is 0.134. The Kier molecular flexibility index (Phi) is 4.23. The number of pyridine rings is 1. The Balaban J connectivity index is 2.15. The standard InChI is InChI=1S/C14H15N3O3S/c1-7-4-5-10(6-15-7)16-14(20)17-12-11(13(18)19)8(2)9(3)21-12/h4-6H,1-3H3,(H,18,19)(H2,16,17,20). The lowest BCUT2D eigenvalue weighted by atomic mass is 10.1. The molecule has 0 spiro atoms. The number of nitrogens with one attached hydrogen (secondary N) is 2. The second-order valence-electron chi connectivity index (χ2n) is 4.56. The molecule has 2 aromatic rings. The van der Waals surface area contributed by atoms with Crippen molar-refractivity contribution < 1.29 is 14.7 Å². The summed E-state index contributed by atoms with van der Waals surface area (Å²) >= 11 is 1.24. The maximum Gasteiger partial charge on any atom is 0.338 e. The van der Waals surface area contributed by atoms with E-state index in [1.165, 1.54) is 17.5 Å². The Morgan fingerprint density at radius 3 is 2.48 bits per heavy atom. The number of carbonyl (C=O) groups excluding carboxylic acids is 1. The van der Waals surface area contributed by atoms with Crippen LogP contribution in [-0.2, 0) is 0 Å². The second kappa shape index (κ2) is 5.92. The molecule has 2 rings (SSSR count). The molecule has 0 aliphatic rings. The molecule has 0 aromatic carbocycles. The molecule has 21 heavy (non-hydrogen) atoms. The Morgan fingerprint density at radius 2 is 1.90 bits per heavy atom. The van der Waals surface area contributed by atoms with Crippen LogP contribution in [0.3, 0.4) is 0 Å². The fourth-order valence-corrected chi connectivity index (χ4v) is 2.83. The highest BCUT2D eigenvalue weighted by molar-refractivity contribution is 7.16. The Morgan fingerprint density at radius 1 is 1.19 bits per heavy atom. The van der Waals surface area contributed by atoms with Crippen molar-refractivity contribution in [2.24, 2.45) is 0 Å². The quantitative estimate of drug-likeness (QED) is 0.810. The normalized spacial score (nSPS) is 10.2. The average Bonchev–Trinajstić information content (AvgIpc) is 2.67. The fraction of sp³-hybridized carbons (Fsp3) is 0.214. The van der Waals surface area contributed by atoms with Crippen molar-refractivity contribution in [3.63, 3.8) is 0 Å². The third-order valence-electron chi connectivity index (χ3n) is 3.00. The molecule has 3 N–H and O–H groups in total. The SMILES string of the molecule is Cc1ccc(NC(=O)Nc2sc(C)c(C)c2C(=O)O)cn1. The maximum atomic E-state index is 11.9. The topological polar surface area (TPSA) is 91.3 Å². The van der Waals surface area contributed by atoms with Crippen molar-refractivity contribution in [3.8, 4) is 0 Å². The van der Waals surface area contributed by atoms with Crippen LogP contribution in [0.2, 0.25) is 0 Å². The fourth-order valence-electron chi connectivity index (χ4n) is 1.78. The van der Waals surface area contributed by atoms with E-state index in [2.05, 4.69) is 15.6 Å². The minimum Gasteiger partial charge on any atom is -0.478 e. The molecule has 7 heteroatoms. The van der Waals surface area contributed by atoms with Crippen LogP contribution < -0.4 is 10.6 Å². The molecule has 2 heterocycles. The van der Waals surface area contributed by atoms with Crippen molar-refractivity contribution in [1.82, 2.24) is 4.98 Å². The highest BCUT2D eigenvalue weighted by atomic mass is 32.1. The number of hydrogen-bond acceptors (Lipinski definition) is 4. The van der Waals surface area contributed by atoms with Gasteiger partial charge in [0.1, 0.15) is 5.00 Å². The van der Waals surface area contributed by atoms with Gasteiger partial charge in [-0.25, -0.2) is 9.59 Å². The maximum absolute atomic E-state index is 11.9. The van der Waals surface area contributed by atoms with E-state index < -0.39 is 12.0 Å². The highest BCUT2D eigenvalue weighted by Crippen LogP contribution is 2.32. The van der Waals surface area contributed by atoms with E-state index in [0.29, 0.717) is 16.3 Å². The van der Waals surface area contributed by atoms with Gasteiger partial charge in [-0.3, -0.25) is 10.3 Å². The van der Waals surface area contributed by atoms with Crippen LogP contribution in [0.5, 0.6) is 0 Å². The van der Waals surface area contributed by atoms with Crippen LogP contribution in [0.1, 0.15) is 26.5 Å². The first-order valence-corrected chi connectivity index (χ1v) is 7.04. The average molecular weight is 305 g/mol. The van der Waals surface area contributed by atoms with Crippen LogP contribution in [0.4, 0.5) is 15.5 Å². The number of carboxylic acids is 1. The Bertz CT molecular complexity index is 692. The molecule has 2 amide bonds. The summed E-state index contributed by atoms with van der Waals surface area (Å²) in [5, 5.41) is 14.7. The van der Waals surface area contributed by atoms with Crippen molar-refractivity contribution in [2.45, 2.75) is 20.8 Å². The monoisotopic (exact) mass is 305 g/mol. The number of hydrogen-bond donors (Lipinski definition) is 3. The van der Waals surface area contributed by atoms with Crippen molar-refractivity contribution in [1.29, 1.82) is 0 Å². The second-order valence-corrected chi connectivity index (χ2v) is 5.78. The van der Waals surface area contributed by atoms with Gasteiger partial charge in [0.25, 0.3) is 0 Å². The zero-order chi connectivity index (χ0) is 15.6. The molecule has 0 bridgehead atoms. The van der Waals surface area contributed by atoms with Crippen LogP contribution in [-0.4, -0.2) is 22.1 Å². The molecule has 0 saturated carbocycles. The van der Waals surface area contributed by atoms with Gasteiger partial charge in [-0.05, 0) is 38.5 Å². The molecule has 0 atom stereocenters. The summed E-state index contributed by atoms with van der Waals surface area (Å²) in [6, 6.07) is 3.01. The molecule has 0 radical (unpaired) electrons. The van der Waals surface area contributed by atoms with E-state index >= 15 is 0 Å². The lowest BCUT2D eigenvalue weighted by Crippen LogP contribution is -2.20. The summed E-state index contributed by atoms with van der Waals surface area (Å²) in [6.07, 6.45) is 1.54. The number of nitrogens with zero attached hydrogens (tertiary/aromatic N) is 1. The van der Waals surface area contributed by atoms with E-state index in [9.17, 15) is 14.7 Å². The van der Waals surface area contributed by atoms with Gasteiger partial charge in [-0.15, -0.1) is 11.3 Å². The van der Waals surface area contributed by atoms with Gasteiger partial charge < -0.3 is 10.4 Å². The molecule has 0 aliphatic heterocycles. The van der Waals surface area contributed by atoms with Gasteiger partial charge >= 0.3 is 12.0 Å². The lowest BCUT2D eigenvalue weighted by Gasteiger charge is -2.07. The van der Waals surface area contributed by atoms with E-state index in [4.69, 9.17) is 0 Å². The molecule has 0 saturated heterocycles. The largest absolute Gasteiger partial charge is 0.478 e. The molecule has 2 aromatic heterocycles. The third kappa shape index (κ3) is 3.38. The van der Waals surface area contributed by atoms with E-state index in [-0.39, 0.29) is 5.56 Å². The summed E-state index contributed by atoms with van der Waals surface area (Å²) in [5.41, 5.74) is 2.19. The number of rotatable bonds is 3. The van der Waals surface area contributed by atoms with E-state index in [1.54, 1.807) is 19.1 Å². The molecule has 0 fully saturated rings. The molecular formula is C14H15N3O3S. The number of urea groups is 1. The highest BCUT2D eigenvalue weighted by Gasteiger charge is 2.20. The Hall–Kier alpha value is -2.41. The number of aryl methyl sites for hydroxylation is 2. The third-order valence-corrected chi connectivity index (χ3v) is 4.12. The number of carboxylic acid groups (broad SMARTS) is 1. The summed E-state index contributed by atoms with van der Waals surface area (Å²) in [4.78, 5) is 28.1. The van der Waals surface area contributed by atoms with Gasteiger partial charge in [0.05, 0.1) is 17.4 Å². The molecular weight excluding hydrogens is 290 g/mol. The van der Waals surface area contributed by atoms with E-state index in [1.807, 2.05) is 13.8 Å². The number of aromatic carboxylic acids is 1. The zero-order valence-corrected chi connectivity index (χ0v) is 12.7. The zero-order valence-electron chi connectivity index (χ0n) is 11.9. The number of amides is 2. The van der Waals surface area contributed by atoms with E-state index in [0.717, 1.165) is 10.6 Å². The summed E-state index contributed by atoms with van der Waals surface area (Å²) in [7, 11) is 0. The lowest BCUT2D eigenvalue weighted by molar-refractivity contribution is 0.0697. The van der Waals surface area contributed by atoms with Gasteiger partial charge in [0.15, 0.2) is 0 Å². The number of aromatic nitrogens is 1. The molecule has 0 unspecified atom stereocenters. The smallest absolute Gasteiger partial charge is 0.338 e. The summed E-state index contributed by atoms with van der Waals surface area (Å²) < 4.78 is 0. The van der Waals surface area contributed by atoms with Crippen LogP contribution in [0.25, 0.3) is 0 Å². The van der Waals surface area contributed by atoms with Crippen LogP contribution >= 0.6 is 11.3 Å². The molecule has 0 aliphatic carbocycles. The first-order valence-electron chi connectivity index (χ1n) is 6.22. The van der Waals surface area contributed by atoms with Crippen molar-refractivity contribution in [3.05, 3.63) is 40.0 Å². The minimum atomic E-state index is -1.05. The first kappa shape index (κ1) is 15.0.